The zero-order valence-corrected chi connectivity index (χ0v) is 18.7. The highest BCUT2D eigenvalue weighted by Crippen LogP contribution is 2.25. The highest BCUT2D eigenvalue weighted by Gasteiger charge is 2.11. The molecule has 0 aliphatic rings. The molecule has 4 rings (SSSR count). The number of hydrogen-bond acceptors (Lipinski definition) is 6. The topological polar surface area (TPSA) is 89.0 Å². The van der Waals surface area contributed by atoms with Gasteiger partial charge in [-0.2, -0.15) is 0 Å². The van der Waals surface area contributed by atoms with Crippen LogP contribution in [0.1, 0.15) is 34.6 Å². The first-order valence-electron chi connectivity index (χ1n) is 10.6. The summed E-state index contributed by atoms with van der Waals surface area (Å²) in [5.74, 6) is 1.22. The third-order valence-electron chi connectivity index (χ3n) is 5.18. The maximum atomic E-state index is 12.5. The van der Waals surface area contributed by atoms with Crippen LogP contribution in [0, 0.1) is 6.92 Å². The lowest BCUT2D eigenvalue weighted by atomic mass is 10.1. The van der Waals surface area contributed by atoms with Crippen LogP contribution in [-0.4, -0.2) is 28.0 Å². The Hall–Kier alpha value is -4.26. The lowest BCUT2D eigenvalue weighted by molar-refractivity contribution is 0.102. The highest BCUT2D eigenvalue weighted by molar-refractivity contribution is 6.04. The summed E-state index contributed by atoms with van der Waals surface area (Å²) in [6.07, 6.45) is 4.99. The van der Waals surface area contributed by atoms with E-state index in [0.717, 1.165) is 28.3 Å². The Labute approximate surface area is 192 Å². The zero-order chi connectivity index (χ0) is 23.2. The van der Waals surface area contributed by atoms with E-state index in [1.807, 2.05) is 68.4 Å². The van der Waals surface area contributed by atoms with Crippen molar-refractivity contribution in [3.05, 3.63) is 96.1 Å². The fraction of sp³-hybridized carbons (Fsp3) is 0.154. The third kappa shape index (κ3) is 5.51. The second kappa shape index (κ2) is 9.91. The number of rotatable bonds is 7. The quantitative estimate of drug-likeness (QED) is 0.407. The molecule has 0 unspecified atom stereocenters. The molecule has 0 bridgehead atoms. The average Bonchev–Trinajstić information content (AvgIpc) is 2.85. The van der Waals surface area contributed by atoms with E-state index in [1.54, 1.807) is 31.8 Å². The standard InChI is InChI=1S/C26H25N5O2/c1-17-10-11-21(14-28-17)26(32)30-22-8-4-6-19(12-22)18(2)29-25-16-27-15-24(31-25)20-7-5-9-23(13-20)33-3/h4-16,18H,1-3H3,(H,29,31)(H,30,32)/t18-/m0/s1. The molecule has 2 aromatic carbocycles. The number of aryl methyl sites for hydroxylation is 1. The number of pyridine rings is 1. The van der Waals surface area contributed by atoms with E-state index in [2.05, 4.69) is 20.6 Å². The SMILES string of the molecule is COc1cccc(-c2cncc(N[C@@H](C)c3cccc(NC(=O)c4ccc(C)nc4)c3)n2)c1. The molecule has 0 saturated carbocycles. The fourth-order valence-corrected chi connectivity index (χ4v) is 3.35. The minimum absolute atomic E-state index is 0.0576. The van der Waals surface area contributed by atoms with Crippen LogP contribution in [0.15, 0.2) is 79.3 Å². The maximum Gasteiger partial charge on any atom is 0.257 e. The van der Waals surface area contributed by atoms with Crippen LogP contribution < -0.4 is 15.4 Å². The highest BCUT2D eigenvalue weighted by atomic mass is 16.5. The zero-order valence-electron chi connectivity index (χ0n) is 18.7. The molecule has 0 spiro atoms. The summed E-state index contributed by atoms with van der Waals surface area (Å²) in [5.41, 5.74) is 4.77. The van der Waals surface area contributed by atoms with Gasteiger partial charge < -0.3 is 15.4 Å². The summed E-state index contributed by atoms with van der Waals surface area (Å²) < 4.78 is 5.30. The van der Waals surface area contributed by atoms with Crippen molar-refractivity contribution < 1.29 is 9.53 Å². The van der Waals surface area contributed by atoms with Crippen molar-refractivity contribution >= 4 is 17.4 Å². The molecule has 2 aromatic heterocycles. The van der Waals surface area contributed by atoms with Gasteiger partial charge in [0.1, 0.15) is 11.6 Å². The van der Waals surface area contributed by atoms with Gasteiger partial charge in [-0.1, -0.05) is 24.3 Å². The molecule has 166 valence electrons. The fourth-order valence-electron chi connectivity index (χ4n) is 3.35. The van der Waals surface area contributed by atoms with E-state index in [0.29, 0.717) is 17.1 Å². The van der Waals surface area contributed by atoms with Gasteiger partial charge in [-0.05, 0) is 55.8 Å². The van der Waals surface area contributed by atoms with Crippen LogP contribution in [0.2, 0.25) is 0 Å². The van der Waals surface area contributed by atoms with E-state index in [4.69, 9.17) is 9.72 Å². The van der Waals surface area contributed by atoms with Crippen molar-refractivity contribution in [2.45, 2.75) is 19.9 Å². The van der Waals surface area contributed by atoms with Crippen molar-refractivity contribution in [3.63, 3.8) is 0 Å². The number of carbonyl (C=O) groups is 1. The van der Waals surface area contributed by atoms with Gasteiger partial charge in [0.25, 0.3) is 5.91 Å². The van der Waals surface area contributed by atoms with Gasteiger partial charge in [-0.3, -0.25) is 14.8 Å². The Balaban J connectivity index is 1.47. The Kier molecular flexibility index (Phi) is 6.59. The van der Waals surface area contributed by atoms with Gasteiger partial charge in [-0.15, -0.1) is 0 Å². The number of nitrogens with one attached hydrogen (secondary N) is 2. The van der Waals surface area contributed by atoms with Crippen LogP contribution in [0.3, 0.4) is 0 Å². The second-order valence-corrected chi connectivity index (χ2v) is 7.66. The van der Waals surface area contributed by atoms with E-state index >= 15 is 0 Å². The summed E-state index contributed by atoms with van der Waals surface area (Å²) >= 11 is 0. The molecular weight excluding hydrogens is 414 g/mol. The van der Waals surface area contributed by atoms with E-state index in [-0.39, 0.29) is 11.9 Å². The molecule has 0 saturated heterocycles. The molecule has 0 aliphatic heterocycles. The molecule has 33 heavy (non-hydrogen) atoms. The molecule has 7 heteroatoms. The number of amides is 1. The number of methoxy groups -OCH3 is 1. The van der Waals surface area contributed by atoms with Gasteiger partial charge in [0, 0.05) is 23.1 Å². The smallest absolute Gasteiger partial charge is 0.257 e. The Morgan fingerprint density at radius 1 is 1.00 bits per heavy atom. The number of ether oxygens (including phenoxy) is 1. The third-order valence-corrected chi connectivity index (χ3v) is 5.18. The van der Waals surface area contributed by atoms with Crippen LogP contribution in [-0.2, 0) is 0 Å². The summed E-state index contributed by atoms with van der Waals surface area (Å²) in [6, 6.07) is 18.9. The molecular formula is C26H25N5O2. The number of benzene rings is 2. The summed E-state index contributed by atoms with van der Waals surface area (Å²) in [4.78, 5) is 25.7. The first-order chi connectivity index (χ1) is 16.0. The Bertz CT molecular complexity index is 1260. The second-order valence-electron chi connectivity index (χ2n) is 7.66. The van der Waals surface area contributed by atoms with Gasteiger partial charge in [0.15, 0.2) is 0 Å². The molecule has 4 aromatic rings. The van der Waals surface area contributed by atoms with Crippen molar-refractivity contribution in [1.29, 1.82) is 0 Å². The largest absolute Gasteiger partial charge is 0.497 e. The van der Waals surface area contributed by atoms with Crippen LogP contribution >= 0.6 is 0 Å². The van der Waals surface area contributed by atoms with Gasteiger partial charge >= 0.3 is 0 Å². The monoisotopic (exact) mass is 439 g/mol. The summed E-state index contributed by atoms with van der Waals surface area (Å²) in [7, 11) is 1.64. The summed E-state index contributed by atoms with van der Waals surface area (Å²) in [6.45, 7) is 3.92. The Morgan fingerprint density at radius 2 is 1.85 bits per heavy atom. The van der Waals surface area contributed by atoms with Crippen LogP contribution in [0.4, 0.5) is 11.5 Å². The predicted octanol–water partition coefficient (Wildman–Crippen LogP) is 5.28. The van der Waals surface area contributed by atoms with Crippen molar-refractivity contribution in [2.24, 2.45) is 0 Å². The molecule has 7 nitrogen and oxygen atoms in total. The van der Waals surface area contributed by atoms with Gasteiger partial charge in [-0.25, -0.2) is 4.98 Å². The maximum absolute atomic E-state index is 12.5. The average molecular weight is 440 g/mol. The molecule has 0 aliphatic carbocycles. The van der Waals surface area contributed by atoms with Crippen LogP contribution in [0.5, 0.6) is 5.75 Å². The lowest BCUT2D eigenvalue weighted by Gasteiger charge is -2.16. The molecule has 0 fully saturated rings. The molecule has 1 amide bonds. The number of carbonyl (C=O) groups excluding carboxylic acids is 1. The minimum Gasteiger partial charge on any atom is -0.497 e. The predicted molar refractivity (Wildman–Crippen MR) is 129 cm³/mol. The number of anilines is 2. The number of aromatic nitrogens is 3. The lowest BCUT2D eigenvalue weighted by Crippen LogP contribution is -2.13. The minimum atomic E-state index is -0.197. The van der Waals surface area contributed by atoms with Gasteiger partial charge in [0.2, 0.25) is 0 Å². The molecule has 2 N–H and O–H groups in total. The molecule has 0 radical (unpaired) electrons. The van der Waals surface area contributed by atoms with E-state index in [1.165, 1.54) is 0 Å². The summed E-state index contributed by atoms with van der Waals surface area (Å²) in [5, 5.41) is 6.32. The van der Waals surface area contributed by atoms with Gasteiger partial charge in [0.05, 0.1) is 36.8 Å². The molecule has 2 heterocycles. The van der Waals surface area contributed by atoms with Crippen molar-refractivity contribution in [2.75, 3.05) is 17.7 Å². The Morgan fingerprint density at radius 3 is 2.64 bits per heavy atom. The van der Waals surface area contributed by atoms with Crippen LogP contribution in [0.25, 0.3) is 11.3 Å². The van der Waals surface area contributed by atoms with Crippen molar-refractivity contribution in [1.82, 2.24) is 15.0 Å². The first kappa shape index (κ1) is 22.0. The normalized spacial score (nSPS) is 11.5. The number of nitrogens with zero attached hydrogens (tertiary/aromatic N) is 3. The number of hydrogen-bond donors (Lipinski definition) is 2. The molecule has 1 atom stereocenters. The van der Waals surface area contributed by atoms with E-state index < -0.39 is 0 Å². The first-order valence-corrected chi connectivity index (χ1v) is 10.6. The van der Waals surface area contributed by atoms with Crippen molar-refractivity contribution in [3.8, 4) is 17.0 Å². The van der Waals surface area contributed by atoms with E-state index in [9.17, 15) is 4.79 Å².